The fourth-order valence-electron chi connectivity index (χ4n) is 1.81. The van der Waals surface area contributed by atoms with E-state index >= 15 is 0 Å². The van der Waals surface area contributed by atoms with E-state index in [0.717, 1.165) is 12.8 Å². The molecule has 1 rings (SSSR count). The molecule has 0 aliphatic rings. The van der Waals surface area contributed by atoms with Crippen LogP contribution in [-0.4, -0.2) is 15.8 Å². The minimum Gasteiger partial charge on any atom is -0.380 e. The lowest BCUT2D eigenvalue weighted by Gasteiger charge is -2.16. The van der Waals surface area contributed by atoms with Crippen molar-refractivity contribution < 1.29 is 0 Å². The van der Waals surface area contributed by atoms with E-state index in [4.69, 9.17) is 11.6 Å². The van der Waals surface area contributed by atoms with E-state index in [1.807, 2.05) is 13.8 Å². The molecule has 4 nitrogen and oxygen atoms in total. The molecule has 0 bridgehead atoms. The summed E-state index contributed by atoms with van der Waals surface area (Å²) in [4.78, 5) is 12.0. The normalized spacial score (nSPS) is 12.8. The molecule has 0 radical (unpaired) electrons. The van der Waals surface area contributed by atoms with Gasteiger partial charge in [-0.05, 0) is 19.3 Å². The van der Waals surface area contributed by atoms with Gasteiger partial charge >= 0.3 is 0 Å². The highest BCUT2D eigenvalue weighted by Gasteiger charge is 2.11. The Labute approximate surface area is 113 Å². The summed E-state index contributed by atoms with van der Waals surface area (Å²) in [6.07, 6.45) is 3.76. The van der Waals surface area contributed by atoms with Crippen LogP contribution in [0.3, 0.4) is 0 Å². The SMILES string of the molecule is CCCC(C)Nc1cnn(CC(C)C)c(=O)c1Cl. The molecule has 1 heterocycles. The van der Waals surface area contributed by atoms with Crippen LogP contribution in [0.15, 0.2) is 11.0 Å². The predicted molar refractivity (Wildman–Crippen MR) is 76.3 cm³/mol. The van der Waals surface area contributed by atoms with Crippen molar-refractivity contribution in [1.29, 1.82) is 0 Å². The monoisotopic (exact) mass is 271 g/mol. The lowest BCUT2D eigenvalue weighted by molar-refractivity contribution is 0.464. The molecule has 0 spiro atoms. The quantitative estimate of drug-likeness (QED) is 0.865. The maximum Gasteiger partial charge on any atom is 0.287 e. The Hall–Kier alpha value is -1.03. The summed E-state index contributed by atoms with van der Waals surface area (Å²) in [6.45, 7) is 8.86. The molecule has 1 N–H and O–H groups in total. The first-order valence-electron chi connectivity index (χ1n) is 6.47. The zero-order chi connectivity index (χ0) is 13.7. The molecule has 102 valence electrons. The van der Waals surface area contributed by atoms with Crippen molar-refractivity contribution in [2.75, 3.05) is 5.32 Å². The number of hydrogen-bond acceptors (Lipinski definition) is 3. The first-order chi connectivity index (χ1) is 8.45. The minimum absolute atomic E-state index is 0.223. The molecule has 5 heteroatoms. The van der Waals surface area contributed by atoms with Crippen molar-refractivity contribution in [2.24, 2.45) is 5.92 Å². The van der Waals surface area contributed by atoms with Gasteiger partial charge in [0.2, 0.25) is 0 Å². The standard InChI is InChI=1S/C13H22ClN3O/c1-5-6-10(4)16-11-7-15-17(8-9(2)3)13(18)12(11)14/h7,9-10,16H,5-6,8H2,1-4H3. The van der Waals surface area contributed by atoms with E-state index in [1.54, 1.807) is 6.20 Å². The molecule has 0 aliphatic carbocycles. The van der Waals surface area contributed by atoms with Gasteiger partial charge in [-0.25, -0.2) is 4.68 Å². The van der Waals surface area contributed by atoms with Crippen LogP contribution in [0.1, 0.15) is 40.5 Å². The predicted octanol–water partition coefficient (Wildman–Crippen LogP) is 3.15. The van der Waals surface area contributed by atoms with Gasteiger partial charge in [0.1, 0.15) is 5.02 Å². The van der Waals surface area contributed by atoms with Crippen molar-refractivity contribution >= 4 is 17.3 Å². The van der Waals surface area contributed by atoms with Crippen LogP contribution in [0.25, 0.3) is 0 Å². The largest absolute Gasteiger partial charge is 0.380 e. The first-order valence-corrected chi connectivity index (χ1v) is 6.85. The van der Waals surface area contributed by atoms with Crippen LogP contribution in [0.5, 0.6) is 0 Å². The second-order valence-corrected chi connectivity index (χ2v) is 5.47. The Morgan fingerprint density at radius 2 is 2.11 bits per heavy atom. The summed E-state index contributed by atoms with van der Waals surface area (Å²) in [7, 11) is 0. The Bertz CT molecular complexity index is 442. The fraction of sp³-hybridized carbons (Fsp3) is 0.692. The Morgan fingerprint density at radius 1 is 1.44 bits per heavy atom. The van der Waals surface area contributed by atoms with Gasteiger partial charge in [-0.1, -0.05) is 38.8 Å². The van der Waals surface area contributed by atoms with E-state index < -0.39 is 0 Å². The molecule has 0 aliphatic heterocycles. The molecule has 0 saturated heterocycles. The third kappa shape index (κ3) is 4.02. The van der Waals surface area contributed by atoms with Crippen molar-refractivity contribution in [2.45, 2.75) is 53.1 Å². The number of nitrogens with zero attached hydrogens (tertiary/aromatic N) is 2. The van der Waals surface area contributed by atoms with Gasteiger partial charge in [0.15, 0.2) is 0 Å². The van der Waals surface area contributed by atoms with Gasteiger partial charge in [0, 0.05) is 12.6 Å². The number of aromatic nitrogens is 2. The molecule has 0 aromatic carbocycles. The van der Waals surface area contributed by atoms with E-state index in [1.165, 1.54) is 4.68 Å². The third-order valence-corrected chi connectivity index (χ3v) is 3.01. The van der Waals surface area contributed by atoms with Gasteiger partial charge in [-0.2, -0.15) is 5.10 Å². The topological polar surface area (TPSA) is 46.9 Å². The summed E-state index contributed by atoms with van der Waals surface area (Å²) >= 11 is 6.09. The van der Waals surface area contributed by atoms with Crippen molar-refractivity contribution in [3.05, 3.63) is 21.6 Å². The molecule has 0 amide bonds. The summed E-state index contributed by atoms with van der Waals surface area (Å²) in [5, 5.41) is 7.60. The fourth-order valence-corrected chi connectivity index (χ4v) is 2.01. The average Bonchev–Trinajstić information content (AvgIpc) is 2.29. The van der Waals surface area contributed by atoms with Crippen LogP contribution in [0.4, 0.5) is 5.69 Å². The maximum atomic E-state index is 12.0. The van der Waals surface area contributed by atoms with Gasteiger partial charge in [-0.15, -0.1) is 0 Å². The summed E-state index contributed by atoms with van der Waals surface area (Å²) in [5.41, 5.74) is 0.404. The zero-order valence-electron chi connectivity index (χ0n) is 11.5. The Kier molecular flexibility index (Phi) is 5.66. The highest BCUT2D eigenvalue weighted by atomic mass is 35.5. The van der Waals surface area contributed by atoms with Gasteiger partial charge < -0.3 is 5.32 Å². The number of anilines is 1. The van der Waals surface area contributed by atoms with Crippen LogP contribution >= 0.6 is 11.6 Å². The van der Waals surface area contributed by atoms with Crippen molar-refractivity contribution in [1.82, 2.24) is 9.78 Å². The number of rotatable bonds is 6. The van der Waals surface area contributed by atoms with Crippen LogP contribution in [-0.2, 0) is 6.54 Å². The molecule has 1 unspecified atom stereocenters. The van der Waals surface area contributed by atoms with Gasteiger partial charge in [0.05, 0.1) is 11.9 Å². The lowest BCUT2D eigenvalue weighted by Crippen LogP contribution is -2.27. The van der Waals surface area contributed by atoms with Crippen molar-refractivity contribution in [3.8, 4) is 0 Å². The van der Waals surface area contributed by atoms with Crippen molar-refractivity contribution in [3.63, 3.8) is 0 Å². The molecule has 18 heavy (non-hydrogen) atoms. The third-order valence-electron chi connectivity index (χ3n) is 2.65. The minimum atomic E-state index is -0.223. The van der Waals surface area contributed by atoms with Gasteiger partial charge in [-0.3, -0.25) is 4.79 Å². The van der Waals surface area contributed by atoms with Gasteiger partial charge in [0.25, 0.3) is 5.56 Å². The van der Waals surface area contributed by atoms with E-state index in [-0.39, 0.29) is 16.6 Å². The first kappa shape index (κ1) is 15.0. The number of hydrogen-bond donors (Lipinski definition) is 1. The summed E-state index contributed by atoms with van der Waals surface area (Å²) in [5.74, 6) is 0.365. The summed E-state index contributed by atoms with van der Waals surface area (Å²) < 4.78 is 1.42. The smallest absolute Gasteiger partial charge is 0.287 e. The lowest BCUT2D eigenvalue weighted by atomic mass is 10.2. The molecular weight excluding hydrogens is 250 g/mol. The van der Waals surface area contributed by atoms with E-state index in [2.05, 4.69) is 24.3 Å². The Balaban J connectivity index is 2.90. The highest BCUT2D eigenvalue weighted by Crippen LogP contribution is 2.17. The second kappa shape index (κ2) is 6.78. The highest BCUT2D eigenvalue weighted by molar-refractivity contribution is 6.32. The van der Waals surface area contributed by atoms with Crippen LogP contribution in [0.2, 0.25) is 5.02 Å². The second-order valence-electron chi connectivity index (χ2n) is 5.09. The molecule has 1 aromatic heterocycles. The van der Waals surface area contributed by atoms with E-state index in [9.17, 15) is 4.79 Å². The maximum absolute atomic E-state index is 12.0. The van der Waals surface area contributed by atoms with Crippen LogP contribution in [0, 0.1) is 5.92 Å². The number of nitrogens with one attached hydrogen (secondary N) is 1. The molecule has 1 aromatic rings. The zero-order valence-corrected chi connectivity index (χ0v) is 12.3. The summed E-state index contributed by atoms with van der Waals surface area (Å²) in [6, 6.07) is 0.287. The average molecular weight is 272 g/mol. The molecule has 0 saturated carbocycles. The van der Waals surface area contributed by atoms with Crippen LogP contribution < -0.4 is 10.9 Å². The number of halogens is 1. The van der Waals surface area contributed by atoms with E-state index in [0.29, 0.717) is 18.2 Å². The Morgan fingerprint density at radius 3 is 2.67 bits per heavy atom. The molecular formula is C13H22ClN3O. The molecule has 1 atom stereocenters. The molecule has 0 fully saturated rings.